The van der Waals surface area contributed by atoms with Crippen molar-refractivity contribution < 1.29 is 9.18 Å². The van der Waals surface area contributed by atoms with Crippen molar-refractivity contribution in [3.8, 4) is 0 Å². The largest absolute Gasteiger partial charge is 0.376 e. The molecule has 15 heavy (non-hydrogen) atoms. The fraction of sp³-hybridized carbons (Fsp3) is 0.364. The molecule has 0 aromatic heterocycles. The number of amides is 1. The number of carbonyl (C=O) groups is 1. The molecule has 0 bridgehead atoms. The third kappa shape index (κ3) is 3.58. The Balaban J connectivity index is 2.57. The highest BCUT2D eigenvalue weighted by atomic mass is 19.1. The molecule has 0 heterocycles. The highest BCUT2D eigenvalue weighted by molar-refractivity contribution is 5.80. The van der Waals surface area contributed by atoms with Gasteiger partial charge < -0.3 is 10.6 Å². The molecule has 0 radical (unpaired) electrons. The zero-order valence-corrected chi connectivity index (χ0v) is 8.93. The minimum absolute atomic E-state index is 0.0961. The number of aryl methyl sites for hydroxylation is 1. The second-order valence-corrected chi connectivity index (χ2v) is 3.27. The Kier molecular flexibility index (Phi) is 4.09. The van der Waals surface area contributed by atoms with Crippen LogP contribution in [-0.4, -0.2) is 19.0 Å². The van der Waals surface area contributed by atoms with Crippen molar-refractivity contribution in [2.75, 3.05) is 18.4 Å². The van der Waals surface area contributed by atoms with Crippen molar-refractivity contribution in [2.45, 2.75) is 13.8 Å². The van der Waals surface area contributed by atoms with Crippen molar-refractivity contribution in [1.82, 2.24) is 5.32 Å². The van der Waals surface area contributed by atoms with Gasteiger partial charge in [0.15, 0.2) is 0 Å². The first-order chi connectivity index (χ1) is 7.13. The molecule has 4 heteroatoms. The Bertz CT molecular complexity index is 352. The van der Waals surface area contributed by atoms with Gasteiger partial charge in [0.1, 0.15) is 5.82 Å². The lowest BCUT2D eigenvalue weighted by Crippen LogP contribution is -2.29. The predicted octanol–water partition coefficient (Wildman–Crippen LogP) is 1.68. The summed E-state index contributed by atoms with van der Waals surface area (Å²) >= 11 is 0. The van der Waals surface area contributed by atoms with E-state index in [0.717, 1.165) is 5.56 Å². The van der Waals surface area contributed by atoms with Gasteiger partial charge in [0.25, 0.3) is 0 Å². The zero-order chi connectivity index (χ0) is 11.3. The van der Waals surface area contributed by atoms with Crippen LogP contribution in [0.2, 0.25) is 0 Å². The number of nitrogens with one attached hydrogen (secondary N) is 2. The predicted molar refractivity (Wildman–Crippen MR) is 58.3 cm³/mol. The van der Waals surface area contributed by atoms with Gasteiger partial charge >= 0.3 is 0 Å². The van der Waals surface area contributed by atoms with Crippen molar-refractivity contribution in [1.29, 1.82) is 0 Å². The van der Waals surface area contributed by atoms with Gasteiger partial charge in [-0.05, 0) is 31.5 Å². The van der Waals surface area contributed by atoms with Gasteiger partial charge in [-0.2, -0.15) is 0 Å². The number of likely N-dealkylation sites (N-methyl/N-ethyl adjacent to an activating group) is 1. The van der Waals surface area contributed by atoms with Gasteiger partial charge in [-0.15, -0.1) is 0 Å². The van der Waals surface area contributed by atoms with Crippen LogP contribution in [0.4, 0.5) is 10.1 Å². The first-order valence-corrected chi connectivity index (χ1v) is 4.90. The van der Waals surface area contributed by atoms with Crippen molar-refractivity contribution >= 4 is 11.6 Å². The molecule has 0 saturated heterocycles. The topological polar surface area (TPSA) is 41.1 Å². The van der Waals surface area contributed by atoms with Crippen molar-refractivity contribution in [2.24, 2.45) is 0 Å². The Morgan fingerprint density at radius 3 is 2.87 bits per heavy atom. The molecule has 2 N–H and O–H groups in total. The number of anilines is 1. The number of benzene rings is 1. The first-order valence-electron chi connectivity index (χ1n) is 4.90. The summed E-state index contributed by atoms with van der Waals surface area (Å²) in [6.07, 6.45) is 0. The van der Waals surface area contributed by atoms with Crippen LogP contribution in [0.15, 0.2) is 18.2 Å². The Morgan fingerprint density at radius 2 is 2.20 bits per heavy atom. The first kappa shape index (κ1) is 11.5. The molecule has 0 unspecified atom stereocenters. The van der Waals surface area contributed by atoms with E-state index < -0.39 is 0 Å². The van der Waals surface area contributed by atoms with Crippen LogP contribution >= 0.6 is 0 Å². The average molecular weight is 210 g/mol. The molecule has 3 nitrogen and oxygen atoms in total. The maximum Gasteiger partial charge on any atom is 0.239 e. The van der Waals surface area contributed by atoms with Crippen LogP contribution < -0.4 is 10.6 Å². The fourth-order valence-corrected chi connectivity index (χ4v) is 1.22. The molecule has 0 atom stereocenters. The maximum atomic E-state index is 12.9. The van der Waals surface area contributed by atoms with Gasteiger partial charge in [0.2, 0.25) is 5.91 Å². The quantitative estimate of drug-likeness (QED) is 0.794. The van der Waals surface area contributed by atoms with Crippen LogP contribution in [0.1, 0.15) is 12.5 Å². The molecule has 0 fully saturated rings. The summed E-state index contributed by atoms with van der Waals surface area (Å²) in [5.41, 5.74) is 1.57. The van der Waals surface area contributed by atoms with E-state index in [9.17, 15) is 9.18 Å². The summed E-state index contributed by atoms with van der Waals surface area (Å²) in [4.78, 5) is 11.1. The van der Waals surface area contributed by atoms with E-state index >= 15 is 0 Å². The van der Waals surface area contributed by atoms with Crippen LogP contribution in [0.5, 0.6) is 0 Å². The van der Waals surface area contributed by atoms with E-state index in [1.807, 2.05) is 13.8 Å². The summed E-state index contributed by atoms with van der Waals surface area (Å²) in [5.74, 6) is -0.403. The summed E-state index contributed by atoms with van der Waals surface area (Å²) < 4.78 is 12.9. The van der Waals surface area contributed by atoms with Crippen LogP contribution in [0, 0.1) is 12.7 Å². The normalized spacial score (nSPS) is 9.80. The van der Waals surface area contributed by atoms with Crippen molar-refractivity contribution in [3.63, 3.8) is 0 Å². The standard InChI is InChI=1S/C11H15FN2O/c1-3-13-11(15)7-14-10-6-9(12)5-4-8(10)2/h4-6,14H,3,7H2,1-2H3,(H,13,15). The smallest absolute Gasteiger partial charge is 0.239 e. The fourth-order valence-electron chi connectivity index (χ4n) is 1.22. The minimum atomic E-state index is -0.306. The number of hydrogen-bond acceptors (Lipinski definition) is 2. The molecule has 82 valence electrons. The Hall–Kier alpha value is -1.58. The Labute approximate surface area is 88.7 Å². The van der Waals surface area contributed by atoms with Crippen molar-refractivity contribution in [3.05, 3.63) is 29.6 Å². The summed E-state index contributed by atoms with van der Waals surface area (Å²) in [7, 11) is 0. The van der Waals surface area contributed by atoms with Gasteiger partial charge in [0.05, 0.1) is 6.54 Å². The number of halogens is 1. The van der Waals surface area contributed by atoms with Gasteiger partial charge in [-0.1, -0.05) is 6.07 Å². The zero-order valence-electron chi connectivity index (χ0n) is 8.93. The van der Waals surface area contributed by atoms with Gasteiger partial charge in [-0.3, -0.25) is 4.79 Å². The van der Waals surface area contributed by atoms with E-state index in [0.29, 0.717) is 12.2 Å². The molecular weight excluding hydrogens is 195 g/mol. The highest BCUT2D eigenvalue weighted by Gasteiger charge is 2.02. The van der Waals surface area contributed by atoms with Gasteiger partial charge in [-0.25, -0.2) is 4.39 Å². The SMILES string of the molecule is CCNC(=O)CNc1cc(F)ccc1C. The third-order valence-corrected chi connectivity index (χ3v) is 2.01. The Morgan fingerprint density at radius 1 is 1.47 bits per heavy atom. The van der Waals surface area contributed by atoms with Crippen LogP contribution in [-0.2, 0) is 4.79 Å². The summed E-state index contributed by atoms with van der Waals surface area (Å²) in [6.45, 7) is 4.48. The lowest BCUT2D eigenvalue weighted by Gasteiger charge is -2.09. The lowest BCUT2D eigenvalue weighted by molar-refractivity contribution is -0.119. The summed E-state index contributed by atoms with van der Waals surface area (Å²) in [5, 5.41) is 5.54. The number of rotatable bonds is 4. The number of carbonyl (C=O) groups excluding carboxylic acids is 1. The van der Waals surface area contributed by atoms with E-state index in [1.54, 1.807) is 6.07 Å². The average Bonchev–Trinajstić information content (AvgIpc) is 2.20. The third-order valence-electron chi connectivity index (χ3n) is 2.01. The second-order valence-electron chi connectivity index (χ2n) is 3.27. The van der Waals surface area contributed by atoms with Gasteiger partial charge in [0, 0.05) is 12.2 Å². The van der Waals surface area contributed by atoms with E-state index in [1.165, 1.54) is 12.1 Å². The summed E-state index contributed by atoms with van der Waals surface area (Å²) in [6, 6.07) is 4.45. The molecule has 0 aliphatic rings. The molecule has 1 rings (SSSR count). The molecule has 0 aliphatic heterocycles. The maximum absolute atomic E-state index is 12.9. The molecule has 0 saturated carbocycles. The minimum Gasteiger partial charge on any atom is -0.376 e. The molecular formula is C11H15FN2O. The lowest BCUT2D eigenvalue weighted by atomic mass is 10.2. The molecule has 0 spiro atoms. The molecule has 0 aliphatic carbocycles. The van der Waals surface area contributed by atoms with Crippen LogP contribution in [0.25, 0.3) is 0 Å². The molecule has 1 aromatic carbocycles. The monoisotopic (exact) mass is 210 g/mol. The highest BCUT2D eigenvalue weighted by Crippen LogP contribution is 2.15. The molecule has 1 amide bonds. The van der Waals surface area contributed by atoms with E-state index in [-0.39, 0.29) is 18.3 Å². The van der Waals surface area contributed by atoms with E-state index in [2.05, 4.69) is 10.6 Å². The van der Waals surface area contributed by atoms with E-state index in [4.69, 9.17) is 0 Å². The second kappa shape index (κ2) is 5.34. The van der Waals surface area contributed by atoms with Crippen LogP contribution in [0.3, 0.4) is 0 Å². The number of hydrogen-bond donors (Lipinski definition) is 2. The molecule has 1 aromatic rings.